The Kier molecular flexibility index (Phi) is 2.80. The van der Waals surface area contributed by atoms with Crippen LogP contribution in [0, 0.1) is 11.3 Å². The molecule has 2 rings (SSSR count). The monoisotopic (exact) mass is 207 g/mol. The molecule has 0 aliphatic carbocycles. The molecule has 1 aromatic heterocycles. The first-order valence-corrected chi connectivity index (χ1v) is 5.71. The van der Waals surface area contributed by atoms with Gasteiger partial charge in [0, 0.05) is 12.5 Å². The standard InChI is InChI=1S/C10H13N3S/c1-13-4-2-3-8(6-13)10-9(5-11)14-7-12-10/h7-8H,2-4,6H2,1H3. The van der Waals surface area contributed by atoms with E-state index in [-0.39, 0.29) is 0 Å². The third-order valence-corrected chi connectivity index (χ3v) is 3.45. The second kappa shape index (κ2) is 4.07. The van der Waals surface area contributed by atoms with E-state index in [1.807, 2.05) is 0 Å². The Balaban J connectivity index is 2.18. The molecule has 1 aliphatic rings. The van der Waals surface area contributed by atoms with Gasteiger partial charge in [-0.25, -0.2) is 4.98 Å². The van der Waals surface area contributed by atoms with E-state index < -0.39 is 0 Å². The van der Waals surface area contributed by atoms with Gasteiger partial charge in [0.05, 0.1) is 11.2 Å². The van der Waals surface area contributed by atoms with Crippen molar-refractivity contribution in [1.82, 2.24) is 9.88 Å². The maximum atomic E-state index is 8.91. The summed E-state index contributed by atoms with van der Waals surface area (Å²) in [6.07, 6.45) is 2.38. The van der Waals surface area contributed by atoms with E-state index in [9.17, 15) is 0 Å². The average molecular weight is 207 g/mol. The molecule has 0 amide bonds. The number of likely N-dealkylation sites (N-methyl/N-ethyl adjacent to an activating group) is 1. The lowest BCUT2D eigenvalue weighted by atomic mass is 9.94. The second-order valence-corrected chi connectivity index (χ2v) is 4.63. The van der Waals surface area contributed by atoms with Crippen molar-refractivity contribution >= 4 is 11.3 Å². The number of nitrogens with zero attached hydrogens (tertiary/aromatic N) is 3. The Morgan fingerprint density at radius 2 is 2.57 bits per heavy atom. The minimum atomic E-state index is 0.467. The van der Waals surface area contributed by atoms with Crippen LogP contribution in [0.25, 0.3) is 0 Å². The lowest BCUT2D eigenvalue weighted by Crippen LogP contribution is -2.31. The van der Waals surface area contributed by atoms with Crippen molar-refractivity contribution in [2.45, 2.75) is 18.8 Å². The maximum absolute atomic E-state index is 8.91. The number of piperidine rings is 1. The lowest BCUT2D eigenvalue weighted by molar-refractivity contribution is 0.248. The van der Waals surface area contributed by atoms with Crippen LogP contribution in [0.1, 0.15) is 29.3 Å². The van der Waals surface area contributed by atoms with Gasteiger partial charge in [0.15, 0.2) is 0 Å². The number of nitriles is 1. The van der Waals surface area contributed by atoms with E-state index in [1.54, 1.807) is 5.51 Å². The number of likely N-dealkylation sites (tertiary alicyclic amines) is 1. The number of thiazole rings is 1. The fourth-order valence-electron chi connectivity index (χ4n) is 2.02. The molecule has 1 fully saturated rings. The fraction of sp³-hybridized carbons (Fsp3) is 0.600. The molecule has 1 aromatic rings. The van der Waals surface area contributed by atoms with Gasteiger partial charge in [0.2, 0.25) is 0 Å². The van der Waals surface area contributed by atoms with Gasteiger partial charge >= 0.3 is 0 Å². The molecule has 0 N–H and O–H groups in total. The van der Waals surface area contributed by atoms with Gasteiger partial charge in [-0.05, 0) is 26.4 Å². The highest BCUT2D eigenvalue weighted by atomic mass is 32.1. The molecular formula is C10H13N3S. The number of aromatic nitrogens is 1. The Morgan fingerprint density at radius 1 is 1.71 bits per heavy atom. The van der Waals surface area contributed by atoms with E-state index >= 15 is 0 Å². The summed E-state index contributed by atoms with van der Waals surface area (Å²) >= 11 is 1.45. The van der Waals surface area contributed by atoms with Gasteiger partial charge in [-0.15, -0.1) is 11.3 Å². The van der Waals surface area contributed by atoms with Crippen LogP contribution >= 0.6 is 11.3 Å². The first-order valence-electron chi connectivity index (χ1n) is 4.83. The van der Waals surface area contributed by atoms with Crippen LogP contribution in [0.3, 0.4) is 0 Å². The van der Waals surface area contributed by atoms with Crippen LogP contribution in [0.2, 0.25) is 0 Å². The number of hydrogen-bond acceptors (Lipinski definition) is 4. The third-order valence-electron chi connectivity index (χ3n) is 2.71. The fourth-order valence-corrected chi connectivity index (χ4v) is 2.68. The molecular weight excluding hydrogens is 194 g/mol. The van der Waals surface area contributed by atoms with Crippen molar-refractivity contribution in [2.75, 3.05) is 20.1 Å². The quantitative estimate of drug-likeness (QED) is 0.705. The second-order valence-electron chi connectivity index (χ2n) is 3.78. The van der Waals surface area contributed by atoms with Gasteiger partial charge in [0.1, 0.15) is 10.9 Å². The van der Waals surface area contributed by atoms with Gasteiger partial charge in [-0.1, -0.05) is 0 Å². The molecule has 1 atom stereocenters. The molecule has 0 radical (unpaired) electrons. The van der Waals surface area contributed by atoms with E-state index in [0.717, 1.165) is 17.1 Å². The lowest BCUT2D eigenvalue weighted by Gasteiger charge is -2.28. The zero-order valence-electron chi connectivity index (χ0n) is 8.23. The molecule has 3 nitrogen and oxygen atoms in total. The summed E-state index contributed by atoms with van der Waals surface area (Å²) in [6, 6.07) is 2.23. The molecule has 0 bridgehead atoms. The van der Waals surface area contributed by atoms with E-state index in [0.29, 0.717) is 5.92 Å². The molecule has 2 heterocycles. The zero-order valence-corrected chi connectivity index (χ0v) is 9.05. The number of rotatable bonds is 1. The number of hydrogen-bond donors (Lipinski definition) is 0. The normalized spacial score (nSPS) is 23.3. The Labute approximate surface area is 88.0 Å². The minimum Gasteiger partial charge on any atom is -0.306 e. The van der Waals surface area contributed by atoms with Crippen molar-refractivity contribution in [3.63, 3.8) is 0 Å². The minimum absolute atomic E-state index is 0.467. The van der Waals surface area contributed by atoms with Gasteiger partial charge in [-0.3, -0.25) is 0 Å². The average Bonchev–Trinajstić information content (AvgIpc) is 2.65. The predicted octanol–water partition coefficient (Wildman–Crippen LogP) is 1.82. The smallest absolute Gasteiger partial charge is 0.128 e. The molecule has 0 spiro atoms. The topological polar surface area (TPSA) is 39.9 Å². The van der Waals surface area contributed by atoms with Crippen molar-refractivity contribution < 1.29 is 0 Å². The van der Waals surface area contributed by atoms with Crippen molar-refractivity contribution in [3.8, 4) is 6.07 Å². The molecule has 1 aliphatic heterocycles. The summed E-state index contributed by atoms with van der Waals surface area (Å²) in [4.78, 5) is 7.43. The molecule has 74 valence electrons. The summed E-state index contributed by atoms with van der Waals surface area (Å²) in [5, 5.41) is 8.91. The molecule has 0 aromatic carbocycles. The molecule has 0 saturated carbocycles. The largest absolute Gasteiger partial charge is 0.306 e. The van der Waals surface area contributed by atoms with E-state index in [4.69, 9.17) is 5.26 Å². The highest BCUT2D eigenvalue weighted by Crippen LogP contribution is 2.28. The van der Waals surface area contributed by atoms with Crippen LogP contribution in [-0.4, -0.2) is 30.0 Å². The summed E-state index contributed by atoms with van der Waals surface area (Å²) in [5.74, 6) is 0.467. The van der Waals surface area contributed by atoms with E-state index in [2.05, 4.69) is 23.0 Å². The SMILES string of the molecule is CN1CCCC(c2ncsc2C#N)C1. The molecule has 1 saturated heterocycles. The van der Waals surface area contributed by atoms with Crippen LogP contribution in [-0.2, 0) is 0 Å². The summed E-state index contributed by atoms with van der Waals surface area (Å²) in [5.41, 5.74) is 2.80. The molecule has 14 heavy (non-hydrogen) atoms. The summed E-state index contributed by atoms with van der Waals surface area (Å²) in [6.45, 7) is 2.21. The van der Waals surface area contributed by atoms with Gasteiger partial charge in [-0.2, -0.15) is 5.26 Å². The van der Waals surface area contributed by atoms with Gasteiger partial charge < -0.3 is 4.90 Å². The highest BCUT2D eigenvalue weighted by Gasteiger charge is 2.23. The van der Waals surface area contributed by atoms with Crippen molar-refractivity contribution in [2.24, 2.45) is 0 Å². The third kappa shape index (κ3) is 1.79. The Hall–Kier alpha value is -0.920. The van der Waals surface area contributed by atoms with E-state index in [1.165, 1.54) is 30.7 Å². The van der Waals surface area contributed by atoms with Crippen molar-refractivity contribution in [3.05, 3.63) is 16.1 Å². The molecule has 1 unspecified atom stereocenters. The van der Waals surface area contributed by atoms with Gasteiger partial charge in [0.25, 0.3) is 0 Å². The Bertz CT molecular complexity index is 352. The predicted molar refractivity (Wildman–Crippen MR) is 56.3 cm³/mol. The molecule has 4 heteroatoms. The highest BCUT2D eigenvalue weighted by molar-refractivity contribution is 7.10. The van der Waals surface area contributed by atoms with Crippen LogP contribution in [0.15, 0.2) is 5.51 Å². The maximum Gasteiger partial charge on any atom is 0.128 e. The summed E-state index contributed by atoms with van der Waals surface area (Å²) in [7, 11) is 2.13. The first kappa shape index (κ1) is 9.63. The van der Waals surface area contributed by atoms with Crippen LogP contribution in [0.5, 0.6) is 0 Å². The first-order chi connectivity index (χ1) is 6.81. The summed E-state index contributed by atoms with van der Waals surface area (Å²) < 4.78 is 0. The van der Waals surface area contributed by atoms with Crippen LogP contribution < -0.4 is 0 Å². The van der Waals surface area contributed by atoms with Crippen molar-refractivity contribution in [1.29, 1.82) is 5.26 Å². The van der Waals surface area contributed by atoms with Crippen LogP contribution in [0.4, 0.5) is 0 Å². The Morgan fingerprint density at radius 3 is 3.29 bits per heavy atom. The zero-order chi connectivity index (χ0) is 9.97.